The van der Waals surface area contributed by atoms with Crippen LogP contribution in [0.1, 0.15) is 55.1 Å². The molecule has 3 aliphatic rings. The van der Waals surface area contributed by atoms with Crippen LogP contribution < -0.4 is 10.6 Å². The number of amides is 5. The fraction of sp³-hybridized carbons (Fsp3) is 0.522. The van der Waals surface area contributed by atoms with Crippen LogP contribution in [0.2, 0.25) is 0 Å². The van der Waals surface area contributed by atoms with Crippen LogP contribution in [0.4, 0.5) is 4.79 Å². The van der Waals surface area contributed by atoms with E-state index in [4.69, 9.17) is 4.74 Å². The molecule has 10 nitrogen and oxygen atoms in total. The molecule has 33 heavy (non-hydrogen) atoms. The van der Waals surface area contributed by atoms with Gasteiger partial charge < -0.3 is 19.9 Å². The maximum absolute atomic E-state index is 12.9. The molecular formula is C23H28N4O6. The van der Waals surface area contributed by atoms with E-state index in [1.54, 1.807) is 32.9 Å². The molecule has 0 spiro atoms. The summed E-state index contributed by atoms with van der Waals surface area (Å²) in [6.07, 6.45) is 0.0625. The van der Waals surface area contributed by atoms with Gasteiger partial charge in [-0.15, -0.1) is 0 Å². The van der Waals surface area contributed by atoms with E-state index >= 15 is 0 Å². The highest BCUT2D eigenvalue weighted by molar-refractivity contribution is 6.05. The first-order chi connectivity index (χ1) is 15.5. The molecule has 10 heteroatoms. The Labute approximate surface area is 191 Å². The van der Waals surface area contributed by atoms with E-state index in [0.29, 0.717) is 25.1 Å². The van der Waals surface area contributed by atoms with Gasteiger partial charge in [0.05, 0.1) is 5.92 Å². The van der Waals surface area contributed by atoms with Crippen LogP contribution in [0, 0.1) is 5.92 Å². The average Bonchev–Trinajstić information content (AvgIpc) is 3.01. The molecule has 1 atom stereocenters. The van der Waals surface area contributed by atoms with Gasteiger partial charge in [-0.1, -0.05) is 12.1 Å². The van der Waals surface area contributed by atoms with Gasteiger partial charge in [0.25, 0.3) is 5.91 Å². The zero-order valence-corrected chi connectivity index (χ0v) is 19.0. The van der Waals surface area contributed by atoms with Gasteiger partial charge in [0.15, 0.2) is 0 Å². The fourth-order valence-corrected chi connectivity index (χ4v) is 4.26. The second kappa shape index (κ2) is 8.49. The number of hydrogen-bond donors (Lipinski definition) is 2. The molecule has 1 aromatic carbocycles. The standard InChI is InChI=1S/C23H28N4O6/c1-23(2,3)33-22(32)26-10-14(11-26)19(29)24-9-13-5-4-6-15-16(13)12-27(21(15)31)17-7-8-18(28)25-20(17)30/h4-6,14,17H,7-12H2,1-3H3,(H,24,29)(H,25,28,30). The number of carbonyl (C=O) groups excluding carboxylic acids is 5. The Kier molecular flexibility index (Phi) is 5.85. The molecule has 1 unspecified atom stereocenters. The maximum atomic E-state index is 12.9. The Bertz CT molecular complexity index is 1020. The lowest BCUT2D eigenvalue weighted by Crippen LogP contribution is -2.56. The van der Waals surface area contributed by atoms with Crippen LogP contribution in [-0.2, 0) is 32.2 Å². The van der Waals surface area contributed by atoms with Crippen LogP contribution in [0.3, 0.4) is 0 Å². The quantitative estimate of drug-likeness (QED) is 0.650. The SMILES string of the molecule is CC(C)(C)OC(=O)N1CC(C(=O)NCc2cccc3c2CN(C2CCC(=O)NC2=O)C3=O)C1. The molecule has 2 saturated heterocycles. The van der Waals surface area contributed by atoms with Crippen LogP contribution in [0.15, 0.2) is 18.2 Å². The number of hydrogen-bond acceptors (Lipinski definition) is 6. The number of nitrogens with zero attached hydrogens (tertiary/aromatic N) is 2. The van der Waals surface area contributed by atoms with E-state index in [2.05, 4.69) is 10.6 Å². The summed E-state index contributed by atoms with van der Waals surface area (Å²) < 4.78 is 5.30. The van der Waals surface area contributed by atoms with E-state index in [1.165, 1.54) is 9.80 Å². The minimum absolute atomic E-state index is 0.168. The van der Waals surface area contributed by atoms with Crippen molar-refractivity contribution >= 4 is 29.7 Å². The number of fused-ring (bicyclic) bond motifs is 1. The van der Waals surface area contributed by atoms with E-state index < -0.39 is 23.6 Å². The van der Waals surface area contributed by atoms with Crippen LogP contribution in [-0.4, -0.2) is 64.3 Å². The molecule has 0 radical (unpaired) electrons. The summed E-state index contributed by atoms with van der Waals surface area (Å²) in [4.78, 5) is 64.1. The van der Waals surface area contributed by atoms with Crippen molar-refractivity contribution in [3.05, 3.63) is 34.9 Å². The summed E-state index contributed by atoms with van der Waals surface area (Å²) in [6.45, 7) is 6.46. The molecule has 0 saturated carbocycles. The first-order valence-corrected chi connectivity index (χ1v) is 11.0. The Balaban J connectivity index is 1.34. The summed E-state index contributed by atoms with van der Waals surface area (Å²) in [5.74, 6) is -1.51. The highest BCUT2D eigenvalue weighted by Crippen LogP contribution is 2.30. The van der Waals surface area contributed by atoms with Crippen molar-refractivity contribution in [1.29, 1.82) is 0 Å². The summed E-state index contributed by atoms with van der Waals surface area (Å²) in [6, 6.07) is 4.62. The Morgan fingerprint density at radius 3 is 2.58 bits per heavy atom. The van der Waals surface area contributed by atoms with Gasteiger partial charge >= 0.3 is 6.09 Å². The topological polar surface area (TPSA) is 125 Å². The van der Waals surface area contributed by atoms with E-state index in [0.717, 1.165) is 11.1 Å². The highest BCUT2D eigenvalue weighted by atomic mass is 16.6. The zero-order chi connectivity index (χ0) is 23.9. The van der Waals surface area contributed by atoms with Crippen molar-refractivity contribution in [1.82, 2.24) is 20.4 Å². The first-order valence-electron chi connectivity index (χ1n) is 11.0. The molecule has 1 aromatic rings. The van der Waals surface area contributed by atoms with Gasteiger partial charge in [0, 0.05) is 38.2 Å². The number of likely N-dealkylation sites (tertiary alicyclic amines) is 1. The van der Waals surface area contributed by atoms with Crippen molar-refractivity contribution in [2.24, 2.45) is 5.92 Å². The van der Waals surface area contributed by atoms with Crippen molar-refractivity contribution < 1.29 is 28.7 Å². The van der Waals surface area contributed by atoms with Crippen molar-refractivity contribution in [2.75, 3.05) is 13.1 Å². The third-order valence-electron chi connectivity index (χ3n) is 6.04. The molecule has 5 amide bonds. The van der Waals surface area contributed by atoms with Gasteiger partial charge in [0.1, 0.15) is 11.6 Å². The Morgan fingerprint density at radius 2 is 1.91 bits per heavy atom. The van der Waals surface area contributed by atoms with Crippen LogP contribution >= 0.6 is 0 Å². The maximum Gasteiger partial charge on any atom is 0.410 e. The molecule has 2 N–H and O–H groups in total. The molecule has 3 heterocycles. The first kappa shape index (κ1) is 22.8. The summed E-state index contributed by atoms with van der Waals surface area (Å²) >= 11 is 0. The second-order valence-electron chi connectivity index (χ2n) is 9.64. The van der Waals surface area contributed by atoms with Gasteiger partial charge in [-0.25, -0.2) is 4.79 Å². The summed E-state index contributed by atoms with van der Waals surface area (Å²) in [5.41, 5.74) is 1.49. The third kappa shape index (κ3) is 4.69. The molecule has 0 bridgehead atoms. The summed E-state index contributed by atoms with van der Waals surface area (Å²) in [7, 11) is 0. The third-order valence-corrected chi connectivity index (χ3v) is 6.04. The number of rotatable bonds is 4. The number of carbonyl (C=O) groups is 5. The lowest BCUT2D eigenvalue weighted by Gasteiger charge is -2.38. The number of piperidine rings is 1. The number of imide groups is 1. The van der Waals surface area contributed by atoms with Gasteiger partial charge in [0.2, 0.25) is 17.7 Å². The molecule has 3 aliphatic heterocycles. The Hall–Kier alpha value is -3.43. The number of benzene rings is 1. The van der Waals surface area contributed by atoms with Gasteiger partial charge in [-0.3, -0.25) is 24.5 Å². The number of nitrogens with one attached hydrogen (secondary N) is 2. The minimum atomic E-state index is -0.682. The average molecular weight is 456 g/mol. The van der Waals surface area contributed by atoms with Crippen molar-refractivity contribution in [3.63, 3.8) is 0 Å². The molecule has 0 aromatic heterocycles. The van der Waals surface area contributed by atoms with E-state index in [1.807, 2.05) is 6.07 Å². The molecule has 176 valence electrons. The lowest BCUT2D eigenvalue weighted by atomic mass is 9.99. The van der Waals surface area contributed by atoms with Gasteiger partial charge in [-0.05, 0) is 44.4 Å². The monoisotopic (exact) mass is 456 g/mol. The number of ether oxygens (including phenoxy) is 1. The predicted octanol–water partition coefficient (Wildman–Crippen LogP) is 0.931. The highest BCUT2D eigenvalue weighted by Gasteiger charge is 2.40. The smallest absolute Gasteiger partial charge is 0.410 e. The lowest BCUT2D eigenvalue weighted by molar-refractivity contribution is -0.137. The minimum Gasteiger partial charge on any atom is -0.444 e. The van der Waals surface area contributed by atoms with E-state index in [9.17, 15) is 24.0 Å². The molecule has 4 rings (SSSR count). The molecule has 0 aliphatic carbocycles. The normalized spacial score (nSPS) is 20.8. The second-order valence-corrected chi connectivity index (χ2v) is 9.64. The van der Waals surface area contributed by atoms with Crippen molar-refractivity contribution in [2.45, 2.75) is 58.3 Å². The van der Waals surface area contributed by atoms with Gasteiger partial charge in [-0.2, -0.15) is 0 Å². The molecular weight excluding hydrogens is 428 g/mol. The van der Waals surface area contributed by atoms with Crippen LogP contribution in [0.5, 0.6) is 0 Å². The molecule has 2 fully saturated rings. The van der Waals surface area contributed by atoms with Crippen LogP contribution in [0.25, 0.3) is 0 Å². The largest absolute Gasteiger partial charge is 0.444 e. The fourth-order valence-electron chi connectivity index (χ4n) is 4.26. The summed E-state index contributed by atoms with van der Waals surface area (Å²) in [5, 5.41) is 5.18. The zero-order valence-electron chi connectivity index (χ0n) is 19.0. The Morgan fingerprint density at radius 1 is 1.18 bits per heavy atom. The predicted molar refractivity (Wildman–Crippen MR) is 116 cm³/mol. The van der Waals surface area contributed by atoms with Crippen molar-refractivity contribution in [3.8, 4) is 0 Å². The van der Waals surface area contributed by atoms with E-state index in [-0.39, 0.29) is 43.1 Å².